The second kappa shape index (κ2) is 4.31. The summed E-state index contributed by atoms with van der Waals surface area (Å²) in [5, 5.41) is 3.35. The van der Waals surface area contributed by atoms with Crippen molar-refractivity contribution in [2.24, 2.45) is 0 Å². The highest BCUT2D eigenvalue weighted by Gasteiger charge is 2.15. The maximum Gasteiger partial charge on any atom is 0.0340 e. The van der Waals surface area contributed by atoms with Crippen LogP contribution in [-0.4, -0.2) is 6.54 Å². The Hall–Kier alpha value is -0.980. The summed E-state index contributed by atoms with van der Waals surface area (Å²) in [5.41, 5.74) is 1.17. The number of rotatable bonds is 3. The van der Waals surface area contributed by atoms with E-state index in [-0.39, 0.29) is 0 Å². The average Bonchev–Trinajstić information content (AvgIpc) is 2.69. The molecule has 1 aliphatic rings. The molecule has 0 aliphatic heterocycles. The van der Waals surface area contributed by atoms with E-state index in [0.717, 1.165) is 6.54 Å². The second-order valence-corrected chi connectivity index (χ2v) is 3.01. The highest BCUT2D eigenvalue weighted by Crippen LogP contribution is 2.23. The molecular weight excluding hydrogens is 158 g/mol. The van der Waals surface area contributed by atoms with Crippen LogP contribution in [0, 0.1) is 31.6 Å². The Morgan fingerprint density at radius 2 is 1.62 bits per heavy atom. The fraction of sp³-hybridized carbons (Fsp3) is 0.0833. The first kappa shape index (κ1) is 8.61. The lowest BCUT2D eigenvalue weighted by Gasteiger charge is -2.10. The molecule has 1 aromatic rings. The molecule has 1 aliphatic carbocycles. The fourth-order valence-electron chi connectivity index (χ4n) is 1.29. The number of hydrogen-bond acceptors (Lipinski definition) is 1. The molecule has 0 saturated heterocycles. The average molecular weight is 170 g/mol. The highest BCUT2D eigenvalue weighted by atomic mass is 14.9. The van der Waals surface area contributed by atoms with E-state index in [2.05, 4.69) is 43.1 Å². The standard InChI is InChI=1S/C12H12N/c1-2-8-12(9-3-1)13-10-11-6-4-5-7-11/h1-9,13H,10H2. The summed E-state index contributed by atoms with van der Waals surface area (Å²) in [6.45, 7) is 0.900. The lowest BCUT2D eigenvalue weighted by atomic mass is 10.1. The van der Waals surface area contributed by atoms with Gasteiger partial charge in [0.25, 0.3) is 0 Å². The predicted molar refractivity (Wildman–Crippen MR) is 55.4 cm³/mol. The maximum absolute atomic E-state index is 3.35. The van der Waals surface area contributed by atoms with Gasteiger partial charge in [0.2, 0.25) is 0 Å². The van der Waals surface area contributed by atoms with Crippen LogP contribution in [0.15, 0.2) is 30.3 Å². The molecule has 1 heteroatoms. The van der Waals surface area contributed by atoms with Crippen LogP contribution in [0.25, 0.3) is 0 Å². The van der Waals surface area contributed by atoms with Gasteiger partial charge in [-0.1, -0.05) is 18.2 Å². The molecule has 0 bridgehead atoms. The zero-order valence-electron chi connectivity index (χ0n) is 7.40. The summed E-state index contributed by atoms with van der Waals surface area (Å²) in [6, 6.07) is 10.2. The molecule has 0 aromatic heterocycles. The highest BCUT2D eigenvalue weighted by molar-refractivity contribution is 5.46. The van der Waals surface area contributed by atoms with E-state index in [1.54, 1.807) is 0 Å². The number of nitrogens with one attached hydrogen (secondary N) is 1. The summed E-state index contributed by atoms with van der Waals surface area (Å²) in [6.07, 6.45) is 8.36. The van der Waals surface area contributed by atoms with Crippen LogP contribution >= 0.6 is 0 Å². The van der Waals surface area contributed by atoms with E-state index in [9.17, 15) is 0 Å². The Morgan fingerprint density at radius 1 is 0.923 bits per heavy atom. The van der Waals surface area contributed by atoms with E-state index in [1.165, 1.54) is 11.6 Å². The summed E-state index contributed by atoms with van der Waals surface area (Å²) >= 11 is 0. The van der Waals surface area contributed by atoms with Gasteiger partial charge in [-0.05, 0) is 37.8 Å². The Kier molecular flexibility index (Phi) is 2.86. The van der Waals surface area contributed by atoms with Crippen molar-refractivity contribution in [1.29, 1.82) is 0 Å². The predicted octanol–water partition coefficient (Wildman–Crippen LogP) is 2.50. The van der Waals surface area contributed by atoms with Gasteiger partial charge in [-0.3, -0.25) is 0 Å². The molecule has 1 fully saturated rings. The van der Waals surface area contributed by atoms with Crippen LogP contribution in [0.5, 0.6) is 0 Å². The zero-order valence-corrected chi connectivity index (χ0v) is 7.40. The molecule has 0 heterocycles. The van der Waals surface area contributed by atoms with Gasteiger partial charge in [-0.25, -0.2) is 0 Å². The first-order valence-electron chi connectivity index (χ1n) is 4.45. The van der Waals surface area contributed by atoms with Gasteiger partial charge in [-0.2, -0.15) is 0 Å². The van der Waals surface area contributed by atoms with Gasteiger partial charge in [0.1, 0.15) is 0 Å². The molecular formula is C12H12N. The number of anilines is 1. The van der Waals surface area contributed by atoms with E-state index >= 15 is 0 Å². The van der Waals surface area contributed by atoms with Crippen LogP contribution in [-0.2, 0) is 0 Å². The maximum atomic E-state index is 3.35. The summed E-state index contributed by atoms with van der Waals surface area (Å²) in [7, 11) is 0. The summed E-state index contributed by atoms with van der Waals surface area (Å²) in [5.74, 6) is 1.32. The Bertz CT molecular complexity index is 237. The lowest BCUT2D eigenvalue weighted by molar-refractivity contribution is 1.10. The molecule has 1 N–H and O–H groups in total. The fourth-order valence-corrected chi connectivity index (χ4v) is 1.29. The normalized spacial score (nSPS) is 17.5. The van der Waals surface area contributed by atoms with Crippen LogP contribution in [0.4, 0.5) is 5.69 Å². The van der Waals surface area contributed by atoms with Crippen molar-refractivity contribution in [3.63, 3.8) is 0 Å². The van der Waals surface area contributed by atoms with E-state index < -0.39 is 0 Å². The third-order valence-corrected chi connectivity index (χ3v) is 2.00. The Labute approximate surface area is 80.2 Å². The van der Waals surface area contributed by atoms with Gasteiger partial charge < -0.3 is 5.32 Å². The first-order valence-corrected chi connectivity index (χ1v) is 4.45. The largest absolute Gasteiger partial charge is 0.384 e. The number of para-hydroxylation sites is 1. The minimum Gasteiger partial charge on any atom is -0.384 e. The van der Waals surface area contributed by atoms with Crippen molar-refractivity contribution in [3.05, 3.63) is 61.9 Å². The molecule has 0 atom stereocenters. The van der Waals surface area contributed by atoms with E-state index in [0.29, 0.717) is 0 Å². The molecule has 5 radical (unpaired) electrons. The van der Waals surface area contributed by atoms with Crippen molar-refractivity contribution in [1.82, 2.24) is 0 Å². The molecule has 65 valence electrons. The van der Waals surface area contributed by atoms with Gasteiger partial charge >= 0.3 is 0 Å². The minimum atomic E-state index is 0.900. The molecule has 0 unspecified atom stereocenters. The molecule has 0 amide bonds. The number of hydrogen-bond donors (Lipinski definition) is 1. The smallest absolute Gasteiger partial charge is 0.0340 e. The number of benzene rings is 1. The van der Waals surface area contributed by atoms with E-state index in [4.69, 9.17) is 0 Å². The van der Waals surface area contributed by atoms with Gasteiger partial charge in [0.15, 0.2) is 0 Å². The third kappa shape index (κ3) is 2.48. The van der Waals surface area contributed by atoms with Gasteiger partial charge in [0, 0.05) is 18.2 Å². The van der Waals surface area contributed by atoms with Crippen LogP contribution in [0.1, 0.15) is 0 Å². The third-order valence-electron chi connectivity index (χ3n) is 2.00. The van der Waals surface area contributed by atoms with E-state index in [1.807, 2.05) is 18.2 Å². The summed E-state index contributed by atoms with van der Waals surface area (Å²) < 4.78 is 0. The molecule has 1 nitrogen and oxygen atoms in total. The lowest BCUT2D eigenvalue weighted by Crippen LogP contribution is -2.09. The molecule has 0 spiro atoms. The van der Waals surface area contributed by atoms with Crippen molar-refractivity contribution < 1.29 is 0 Å². The molecule has 2 rings (SSSR count). The van der Waals surface area contributed by atoms with Gasteiger partial charge in [0.05, 0.1) is 0 Å². The molecule has 1 saturated carbocycles. The summed E-state index contributed by atoms with van der Waals surface area (Å²) in [4.78, 5) is 0. The zero-order chi connectivity index (χ0) is 8.93. The van der Waals surface area contributed by atoms with Crippen LogP contribution < -0.4 is 5.32 Å². The minimum absolute atomic E-state index is 0.900. The SMILES string of the molecule is [CH]1[CH][CH][C](CNc2ccccc2)[CH]1. The van der Waals surface area contributed by atoms with Crippen LogP contribution in [0.3, 0.4) is 0 Å². The monoisotopic (exact) mass is 170 g/mol. The quantitative estimate of drug-likeness (QED) is 0.735. The van der Waals surface area contributed by atoms with Crippen molar-refractivity contribution in [3.8, 4) is 0 Å². The first-order chi connectivity index (χ1) is 6.45. The Morgan fingerprint density at radius 3 is 2.31 bits per heavy atom. The van der Waals surface area contributed by atoms with Crippen molar-refractivity contribution >= 4 is 5.69 Å². The Balaban J connectivity index is 1.79. The topological polar surface area (TPSA) is 12.0 Å². The molecule has 1 aromatic carbocycles. The van der Waals surface area contributed by atoms with Gasteiger partial charge in [-0.15, -0.1) is 0 Å². The molecule has 13 heavy (non-hydrogen) atoms. The van der Waals surface area contributed by atoms with Crippen LogP contribution in [0.2, 0.25) is 0 Å². The van der Waals surface area contributed by atoms with Crippen molar-refractivity contribution in [2.75, 3.05) is 11.9 Å². The second-order valence-electron chi connectivity index (χ2n) is 3.01. The van der Waals surface area contributed by atoms with Crippen molar-refractivity contribution in [2.45, 2.75) is 0 Å².